The molecule has 0 saturated heterocycles. The Bertz CT molecular complexity index is 827. The van der Waals surface area contributed by atoms with Crippen molar-refractivity contribution in [3.8, 4) is 0 Å². The number of thiophene rings is 1. The maximum atomic E-state index is 4.50. The quantitative estimate of drug-likeness (QED) is 0.311. The van der Waals surface area contributed by atoms with Crippen LogP contribution >= 0.6 is 35.3 Å². The molecule has 0 bridgehead atoms. The van der Waals surface area contributed by atoms with Gasteiger partial charge in [0.2, 0.25) is 0 Å². The molecule has 138 valence electrons. The molecule has 1 aromatic carbocycles. The molecule has 6 heteroatoms. The van der Waals surface area contributed by atoms with E-state index in [1.807, 2.05) is 23.6 Å². The summed E-state index contributed by atoms with van der Waals surface area (Å²) in [5.41, 5.74) is 2.21. The second-order valence-electron chi connectivity index (χ2n) is 6.19. The molecule has 0 aliphatic rings. The molecule has 26 heavy (non-hydrogen) atoms. The van der Waals surface area contributed by atoms with Gasteiger partial charge in [0.1, 0.15) is 0 Å². The Morgan fingerprint density at radius 1 is 1.15 bits per heavy atom. The molecule has 0 fully saturated rings. The molecule has 2 aromatic heterocycles. The lowest BCUT2D eigenvalue weighted by Gasteiger charge is -2.16. The van der Waals surface area contributed by atoms with Crippen LogP contribution in [0.4, 0.5) is 0 Å². The van der Waals surface area contributed by atoms with Crippen LogP contribution in [-0.4, -0.2) is 24.5 Å². The van der Waals surface area contributed by atoms with Gasteiger partial charge in [-0.1, -0.05) is 37.3 Å². The summed E-state index contributed by atoms with van der Waals surface area (Å²) in [5.74, 6) is 1.38. The minimum Gasteiger partial charge on any atom is -0.356 e. The van der Waals surface area contributed by atoms with Crippen LogP contribution in [0.15, 0.2) is 59.0 Å². The number of aromatic nitrogens is 1. The molecule has 4 nitrogen and oxygen atoms in total. The topological polar surface area (TPSA) is 49.3 Å². The average Bonchev–Trinajstić information content (AvgIpc) is 3.15. The number of hydrogen-bond acceptors (Lipinski definition) is 3. The number of pyridine rings is 1. The zero-order valence-corrected chi connectivity index (χ0v) is 18.3. The highest BCUT2D eigenvalue weighted by Gasteiger charge is 2.07. The zero-order chi connectivity index (χ0) is 17.5. The molecule has 1 atom stereocenters. The van der Waals surface area contributed by atoms with Crippen molar-refractivity contribution in [3.63, 3.8) is 0 Å². The molecular formula is C20H25IN4S. The Kier molecular flexibility index (Phi) is 8.31. The smallest absolute Gasteiger partial charge is 0.191 e. The van der Waals surface area contributed by atoms with E-state index in [1.54, 1.807) is 7.05 Å². The average molecular weight is 480 g/mol. The molecule has 2 heterocycles. The Labute approximate surface area is 176 Å². The minimum atomic E-state index is 0. The largest absolute Gasteiger partial charge is 0.356 e. The van der Waals surface area contributed by atoms with Crippen LogP contribution in [-0.2, 0) is 13.0 Å². The number of hydrogen-bond donors (Lipinski definition) is 2. The predicted molar refractivity (Wildman–Crippen MR) is 123 cm³/mol. The first kappa shape index (κ1) is 20.6. The number of fused-ring (bicyclic) bond motifs is 1. The van der Waals surface area contributed by atoms with E-state index in [0.717, 1.165) is 29.8 Å². The van der Waals surface area contributed by atoms with Gasteiger partial charge in [-0.3, -0.25) is 9.98 Å². The first-order chi connectivity index (χ1) is 12.3. The van der Waals surface area contributed by atoms with Crippen molar-refractivity contribution in [3.05, 3.63) is 64.5 Å². The highest BCUT2D eigenvalue weighted by molar-refractivity contribution is 14.0. The van der Waals surface area contributed by atoms with E-state index < -0.39 is 0 Å². The molecule has 0 saturated carbocycles. The number of nitrogens with one attached hydrogen (secondary N) is 2. The summed E-state index contributed by atoms with van der Waals surface area (Å²) in [7, 11) is 1.81. The van der Waals surface area contributed by atoms with E-state index in [4.69, 9.17) is 0 Å². The zero-order valence-electron chi connectivity index (χ0n) is 15.1. The van der Waals surface area contributed by atoms with E-state index in [1.165, 1.54) is 10.4 Å². The summed E-state index contributed by atoms with van der Waals surface area (Å²) in [6, 6.07) is 14.6. The van der Waals surface area contributed by atoms with Gasteiger partial charge in [0.05, 0.1) is 5.52 Å². The van der Waals surface area contributed by atoms with Crippen LogP contribution in [0.25, 0.3) is 10.9 Å². The lowest BCUT2D eigenvalue weighted by atomic mass is 10.1. The van der Waals surface area contributed by atoms with Crippen LogP contribution in [0.1, 0.15) is 17.4 Å². The van der Waals surface area contributed by atoms with Gasteiger partial charge < -0.3 is 10.6 Å². The van der Waals surface area contributed by atoms with Crippen LogP contribution in [0, 0.1) is 5.92 Å². The lowest BCUT2D eigenvalue weighted by molar-refractivity contribution is 0.562. The molecule has 3 rings (SSSR count). The van der Waals surface area contributed by atoms with Crippen LogP contribution < -0.4 is 10.6 Å². The first-order valence-electron chi connectivity index (χ1n) is 8.56. The number of para-hydroxylation sites is 1. The molecule has 0 aliphatic carbocycles. The number of nitrogens with zero attached hydrogens (tertiary/aromatic N) is 2. The van der Waals surface area contributed by atoms with Crippen LogP contribution in [0.2, 0.25) is 0 Å². The van der Waals surface area contributed by atoms with Gasteiger partial charge in [-0.25, -0.2) is 0 Å². The van der Waals surface area contributed by atoms with Gasteiger partial charge in [0, 0.05) is 36.6 Å². The first-order valence-corrected chi connectivity index (χ1v) is 9.43. The monoisotopic (exact) mass is 480 g/mol. The number of benzene rings is 1. The maximum Gasteiger partial charge on any atom is 0.191 e. The third-order valence-corrected chi connectivity index (χ3v) is 5.03. The fourth-order valence-corrected chi connectivity index (χ4v) is 3.69. The molecule has 1 unspecified atom stereocenters. The third-order valence-electron chi connectivity index (χ3n) is 4.13. The minimum absolute atomic E-state index is 0. The van der Waals surface area contributed by atoms with Gasteiger partial charge in [0.15, 0.2) is 5.96 Å². The number of rotatable bonds is 6. The number of halogens is 1. The summed E-state index contributed by atoms with van der Waals surface area (Å²) in [6.07, 6.45) is 2.93. The summed E-state index contributed by atoms with van der Waals surface area (Å²) in [6.45, 7) is 3.85. The summed E-state index contributed by atoms with van der Waals surface area (Å²) >= 11 is 1.82. The van der Waals surface area contributed by atoms with Crippen molar-refractivity contribution in [2.24, 2.45) is 10.9 Å². The normalized spacial score (nSPS) is 12.5. The molecule has 0 radical (unpaired) electrons. The Balaban J connectivity index is 0.00000243. The van der Waals surface area contributed by atoms with Crippen molar-refractivity contribution in [1.82, 2.24) is 15.6 Å². The fourth-order valence-electron chi connectivity index (χ4n) is 2.82. The van der Waals surface area contributed by atoms with Gasteiger partial charge in [-0.05, 0) is 35.4 Å². The van der Waals surface area contributed by atoms with Crippen LogP contribution in [0.3, 0.4) is 0 Å². The summed E-state index contributed by atoms with van der Waals surface area (Å²) < 4.78 is 0. The van der Waals surface area contributed by atoms with Crippen molar-refractivity contribution in [2.45, 2.75) is 19.9 Å². The summed E-state index contributed by atoms with van der Waals surface area (Å²) in [5, 5.41) is 10.1. The van der Waals surface area contributed by atoms with Crippen molar-refractivity contribution in [1.29, 1.82) is 0 Å². The predicted octanol–water partition coefficient (Wildman–Crippen LogP) is 4.46. The highest BCUT2D eigenvalue weighted by Crippen LogP contribution is 2.16. The molecule has 3 aromatic rings. The SMILES string of the molecule is CN=C(NCc1cccc2cccnc12)NCC(C)Cc1cccs1.I. The second kappa shape index (κ2) is 10.5. The van der Waals surface area contributed by atoms with Gasteiger partial charge in [-0.2, -0.15) is 0 Å². The standard InChI is InChI=1S/C20H24N4S.HI/c1-15(12-18-9-5-11-25-18)13-23-20(21-2)24-14-17-7-3-6-16-8-4-10-22-19(16)17;/h3-11,15H,12-14H2,1-2H3,(H2,21,23,24);1H. The highest BCUT2D eigenvalue weighted by atomic mass is 127. The number of guanidine groups is 1. The van der Waals surface area contributed by atoms with E-state index in [2.05, 4.69) is 69.3 Å². The molecule has 0 spiro atoms. The summed E-state index contributed by atoms with van der Waals surface area (Å²) in [4.78, 5) is 10.3. The van der Waals surface area contributed by atoms with Crippen molar-refractivity contribution >= 4 is 52.2 Å². The molecule has 2 N–H and O–H groups in total. The van der Waals surface area contributed by atoms with E-state index in [-0.39, 0.29) is 24.0 Å². The lowest BCUT2D eigenvalue weighted by Crippen LogP contribution is -2.39. The number of aliphatic imine (C=N–C) groups is 1. The van der Waals surface area contributed by atoms with Gasteiger partial charge in [0.25, 0.3) is 0 Å². The van der Waals surface area contributed by atoms with Gasteiger partial charge in [-0.15, -0.1) is 35.3 Å². The van der Waals surface area contributed by atoms with E-state index in [0.29, 0.717) is 12.5 Å². The van der Waals surface area contributed by atoms with Gasteiger partial charge >= 0.3 is 0 Å². The Hall–Kier alpha value is -1.67. The van der Waals surface area contributed by atoms with Crippen molar-refractivity contribution in [2.75, 3.05) is 13.6 Å². The van der Waals surface area contributed by atoms with E-state index in [9.17, 15) is 0 Å². The molecular weight excluding hydrogens is 455 g/mol. The molecule has 0 aliphatic heterocycles. The van der Waals surface area contributed by atoms with E-state index >= 15 is 0 Å². The fraction of sp³-hybridized carbons (Fsp3) is 0.300. The maximum absolute atomic E-state index is 4.50. The Morgan fingerprint density at radius 3 is 2.77 bits per heavy atom. The van der Waals surface area contributed by atoms with Crippen LogP contribution in [0.5, 0.6) is 0 Å². The Morgan fingerprint density at radius 2 is 2.00 bits per heavy atom. The van der Waals surface area contributed by atoms with Crippen molar-refractivity contribution < 1.29 is 0 Å². The second-order valence-corrected chi connectivity index (χ2v) is 7.22. The molecule has 0 amide bonds. The third kappa shape index (κ3) is 5.67.